The molecule has 1 saturated carbocycles. The minimum atomic E-state index is -0.235. The fourth-order valence-electron chi connectivity index (χ4n) is 3.19. The summed E-state index contributed by atoms with van der Waals surface area (Å²) in [7, 11) is 0. The highest BCUT2D eigenvalue weighted by atomic mass is 35.5. The number of carbonyl (C=O) groups is 1. The number of carbonyl (C=O) groups excluding carboxylic acids is 1. The number of ether oxygens (including phenoxy) is 1. The molecule has 27 heavy (non-hydrogen) atoms. The second-order valence-electron chi connectivity index (χ2n) is 7.18. The fraction of sp³-hybridized carbons (Fsp3) is 0.526. The number of halogens is 1. The topological polar surface area (TPSA) is 81.1 Å². The Balaban J connectivity index is 0.00000210. The van der Waals surface area contributed by atoms with Crippen LogP contribution in [-0.4, -0.2) is 40.6 Å². The van der Waals surface area contributed by atoms with E-state index >= 15 is 0 Å². The zero-order valence-corrected chi connectivity index (χ0v) is 16.1. The first-order valence-corrected chi connectivity index (χ1v) is 9.38. The maximum Gasteiger partial charge on any atom is 0.277 e. The minimum Gasteiger partial charge on any atom is -0.376 e. The maximum atomic E-state index is 12.5. The summed E-state index contributed by atoms with van der Waals surface area (Å²) in [4.78, 5) is 12.5. The lowest BCUT2D eigenvalue weighted by atomic mass is 10.1. The first-order valence-electron chi connectivity index (χ1n) is 9.38. The number of hydrogen-bond acceptors (Lipinski definition) is 5. The molecule has 2 aromatic rings. The number of amides is 1. The quantitative estimate of drug-likeness (QED) is 0.758. The van der Waals surface area contributed by atoms with E-state index in [4.69, 9.17) is 4.74 Å². The Labute approximate surface area is 165 Å². The van der Waals surface area contributed by atoms with E-state index in [0.29, 0.717) is 18.3 Å². The number of anilines is 1. The van der Waals surface area contributed by atoms with Crippen molar-refractivity contribution in [3.05, 3.63) is 41.7 Å². The molecule has 1 aromatic carbocycles. The molecule has 0 radical (unpaired) electrons. The van der Waals surface area contributed by atoms with Crippen LogP contribution < -0.4 is 10.6 Å². The SMILES string of the molecule is Cl.O=C(Nc1cccc(COCC2CC2)c1)c1cn(C2CCNCC2)nn1. The van der Waals surface area contributed by atoms with E-state index in [-0.39, 0.29) is 18.3 Å². The molecule has 4 rings (SSSR count). The minimum absolute atomic E-state index is 0. The summed E-state index contributed by atoms with van der Waals surface area (Å²) in [5.41, 5.74) is 2.15. The summed E-state index contributed by atoms with van der Waals surface area (Å²) in [5, 5.41) is 14.4. The average molecular weight is 392 g/mol. The second-order valence-corrected chi connectivity index (χ2v) is 7.18. The Bertz CT molecular complexity index is 756. The summed E-state index contributed by atoms with van der Waals surface area (Å²) in [6, 6.07) is 8.08. The Morgan fingerprint density at radius 3 is 2.85 bits per heavy atom. The van der Waals surface area contributed by atoms with Crippen LogP contribution in [0.3, 0.4) is 0 Å². The summed E-state index contributed by atoms with van der Waals surface area (Å²) < 4.78 is 7.53. The van der Waals surface area contributed by atoms with Gasteiger partial charge in [0.15, 0.2) is 5.69 Å². The van der Waals surface area contributed by atoms with Gasteiger partial charge in [0.2, 0.25) is 0 Å². The van der Waals surface area contributed by atoms with Crippen LogP contribution in [0.15, 0.2) is 30.5 Å². The van der Waals surface area contributed by atoms with Crippen LogP contribution in [0.2, 0.25) is 0 Å². The van der Waals surface area contributed by atoms with Crippen LogP contribution in [0.25, 0.3) is 0 Å². The van der Waals surface area contributed by atoms with Gasteiger partial charge >= 0.3 is 0 Å². The first-order chi connectivity index (χ1) is 12.8. The van der Waals surface area contributed by atoms with E-state index in [2.05, 4.69) is 20.9 Å². The second kappa shape index (κ2) is 9.30. The van der Waals surface area contributed by atoms with Crippen molar-refractivity contribution in [2.75, 3.05) is 25.0 Å². The van der Waals surface area contributed by atoms with Crippen LogP contribution in [-0.2, 0) is 11.3 Å². The largest absolute Gasteiger partial charge is 0.376 e. The predicted octanol–water partition coefficient (Wildman–Crippen LogP) is 2.80. The van der Waals surface area contributed by atoms with Gasteiger partial charge in [-0.25, -0.2) is 4.68 Å². The summed E-state index contributed by atoms with van der Waals surface area (Å²) in [6.45, 7) is 3.35. The number of rotatable bonds is 7. The lowest BCUT2D eigenvalue weighted by molar-refractivity contribution is 0.102. The number of nitrogens with one attached hydrogen (secondary N) is 2. The molecule has 7 nitrogen and oxygen atoms in total. The van der Waals surface area contributed by atoms with Crippen molar-refractivity contribution in [1.82, 2.24) is 20.3 Å². The van der Waals surface area contributed by atoms with Gasteiger partial charge < -0.3 is 15.4 Å². The monoisotopic (exact) mass is 391 g/mol. The molecule has 2 fully saturated rings. The van der Waals surface area contributed by atoms with E-state index in [1.165, 1.54) is 12.8 Å². The highest BCUT2D eigenvalue weighted by Crippen LogP contribution is 2.29. The van der Waals surface area contributed by atoms with Gasteiger partial charge in [0.05, 0.1) is 18.8 Å². The molecule has 2 heterocycles. The lowest BCUT2D eigenvalue weighted by Gasteiger charge is -2.22. The Kier molecular flexibility index (Phi) is 6.82. The third-order valence-electron chi connectivity index (χ3n) is 4.93. The molecule has 0 unspecified atom stereocenters. The number of piperidine rings is 1. The van der Waals surface area contributed by atoms with E-state index in [0.717, 1.165) is 49.7 Å². The Morgan fingerprint density at radius 2 is 2.07 bits per heavy atom. The number of hydrogen-bond donors (Lipinski definition) is 2. The lowest BCUT2D eigenvalue weighted by Crippen LogP contribution is -2.29. The smallest absolute Gasteiger partial charge is 0.277 e. The molecule has 2 N–H and O–H groups in total. The van der Waals surface area contributed by atoms with Crippen LogP contribution in [0.1, 0.15) is 47.8 Å². The van der Waals surface area contributed by atoms with Crippen LogP contribution >= 0.6 is 12.4 Å². The van der Waals surface area contributed by atoms with Gasteiger partial charge in [-0.2, -0.15) is 0 Å². The Morgan fingerprint density at radius 1 is 1.26 bits per heavy atom. The van der Waals surface area contributed by atoms with Crippen molar-refractivity contribution in [1.29, 1.82) is 0 Å². The Hall–Kier alpha value is -1.96. The van der Waals surface area contributed by atoms with Crippen molar-refractivity contribution < 1.29 is 9.53 Å². The van der Waals surface area contributed by atoms with Crippen molar-refractivity contribution >= 4 is 24.0 Å². The van der Waals surface area contributed by atoms with E-state index in [1.807, 2.05) is 28.9 Å². The summed E-state index contributed by atoms with van der Waals surface area (Å²) in [5.74, 6) is 0.515. The van der Waals surface area contributed by atoms with Gasteiger partial charge in [0.1, 0.15) is 0 Å². The molecular weight excluding hydrogens is 366 g/mol. The molecule has 0 atom stereocenters. The normalized spacial score (nSPS) is 17.3. The van der Waals surface area contributed by atoms with Gasteiger partial charge in [0, 0.05) is 12.3 Å². The zero-order valence-electron chi connectivity index (χ0n) is 15.3. The van der Waals surface area contributed by atoms with E-state index in [1.54, 1.807) is 6.20 Å². The van der Waals surface area contributed by atoms with E-state index in [9.17, 15) is 4.79 Å². The van der Waals surface area contributed by atoms with Gasteiger partial charge in [0.25, 0.3) is 5.91 Å². The van der Waals surface area contributed by atoms with Crippen LogP contribution in [0.5, 0.6) is 0 Å². The average Bonchev–Trinajstić information content (AvgIpc) is 3.35. The molecule has 1 saturated heterocycles. The van der Waals surface area contributed by atoms with Crippen molar-refractivity contribution in [3.63, 3.8) is 0 Å². The molecule has 146 valence electrons. The highest BCUT2D eigenvalue weighted by molar-refractivity contribution is 6.02. The predicted molar refractivity (Wildman–Crippen MR) is 105 cm³/mol. The fourth-order valence-corrected chi connectivity index (χ4v) is 3.19. The third kappa shape index (κ3) is 5.51. The van der Waals surface area contributed by atoms with Gasteiger partial charge in [-0.1, -0.05) is 17.3 Å². The molecule has 0 bridgehead atoms. The van der Waals surface area contributed by atoms with Gasteiger partial charge in [-0.15, -0.1) is 17.5 Å². The molecule has 1 aliphatic carbocycles. The molecule has 1 aliphatic heterocycles. The highest BCUT2D eigenvalue weighted by Gasteiger charge is 2.21. The van der Waals surface area contributed by atoms with Crippen molar-refractivity contribution in [3.8, 4) is 0 Å². The molecular formula is C19H26ClN5O2. The molecule has 1 aromatic heterocycles. The van der Waals surface area contributed by atoms with Crippen molar-refractivity contribution in [2.24, 2.45) is 5.92 Å². The maximum absolute atomic E-state index is 12.5. The van der Waals surface area contributed by atoms with E-state index < -0.39 is 0 Å². The standard InChI is InChI=1S/C19H25N5O2.ClH/c25-19(18-11-24(23-22-18)17-6-8-20-9-7-17)21-16-3-1-2-15(10-16)13-26-12-14-4-5-14;/h1-3,10-11,14,17,20H,4-9,12-13H2,(H,21,25);1H. The number of aromatic nitrogens is 3. The van der Waals surface area contributed by atoms with Gasteiger partial charge in [-0.05, 0) is 62.4 Å². The van der Waals surface area contributed by atoms with Gasteiger partial charge in [-0.3, -0.25) is 4.79 Å². The zero-order chi connectivity index (χ0) is 17.8. The summed E-state index contributed by atoms with van der Waals surface area (Å²) in [6.07, 6.45) is 6.33. The first kappa shape index (κ1) is 19.8. The molecule has 2 aliphatic rings. The molecule has 0 spiro atoms. The number of nitrogens with zero attached hydrogens (tertiary/aromatic N) is 3. The van der Waals surface area contributed by atoms with Crippen LogP contribution in [0.4, 0.5) is 5.69 Å². The molecule has 1 amide bonds. The van der Waals surface area contributed by atoms with Crippen LogP contribution in [0, 0.1) is 5.92 Å². The number of benzene rings is 1. The van der Waals surface area contributed by atoms with Crippen molar-refractivity contribution in [2.45, 2.75) is 38.3 Å². The third-order valence-corrected chi connectivity index (χ3v) is 4.93. The summed E-state index contributed by atoms with van der Waals surface area (Å²) >= 11 is 0. The molecule has 8 heteroatoms.